The fourth-order valence-corrected chi connectivity index (χ4v) is 5.28. The maximum atomic E-state index is 13.9. The molecule has 3 heterocycles. The summed E-state index contributed by atoms with van der Waals surface area (Å²) in [6.07, 6.45) is 0. The molecule has 0 atom stereocenters. The first kappa shape index (κ1) is 18.2. The van der Waals surface area contributed by atoms with Crippen LogP contribution in [0.4, 0.5) is 28.4 Å². The summed E-state index contributed by atoms with van der Waals surface area (Å²) < 4.78 is 1.75. The molecular formula is C28H20N4O. The Hall–Kier alpha value is -4.38. The van der Waals surface area contributed by atoms with E-state index in [-0.39, 0.29) is 5.91 Å². The van der Waals surface area contributed by atoms with Crippen molar-refractivity contribution < 1.29 is 4.79 Å². The molecule has 0 saturated heterocycles. The number of aromatic nitrogens is 2. The van der Waals surface area contributed by atoms with Crippen molar-refractivity contribution in [1.82, 2.24) is 9.55 Å². The zero-order chi connectivity index (χ0) is 22.1. The molecule has 5 nitrogen and oxygen atoms in total. The zero-order valence-electron chi connectivity index (χ0n) is 18.1. The van der Waals surface area contributed by atoms with E-state index in [0.29, 0.717) is 11.4 Å². The molecule has 2 aliphatic heterocycles. The van der Waals surface area contributed by atoms with Crippen molar-refractivity contribution in [1.29, 1.82) is 0 Å². The van der Waals surface area contributed by atoms with Crippen molar-refractivity contribution in [2.24, 2.45) is 0 Å². The van der Waals surface area contributed by atoms with Gasteiger partial charge in [-0.25, -0.2) is 4.98 Å². The zero-order valence-corrected chi connectivity index (χ0v) is 18.1. The quantitative estimate of drug-likeness (QED) is 0.310. The second-order valence-electron chi connectivity index (χ2n) is 8.32. The monoisotopic (exact) mass is 428 g/mol. The molecule has 33 heavy (non-hydrogen) atoms. The van der Waals surface area contributed by atoms with Gasteiger partial charge in [0.2, 0.25) is 0 Å². The fourth-order valence-electron chi connectivity index (χ4n) is 5.28. The second-order valence-corrected chi connectivity index (χ2v) is 8.32. The smallest absolute Gasteiger partial charge is 0.267 e. The summed E-state index contributed by atoms with van der Waals surface area (Å²) in [6, 6.07) is 30.7. The molecule has 7 rings (SSSR count). The van der Waals surface area contributed by atoms with E-state index in [1.807, 2.05) is 42.5 Å². The molecule has 0 fully saturated rings. The van der Waals surface area contributed by atoms with Crippen LogP contribution in [0.25, 0.3) is 22.4 Å². The Kier molecular flexibility index (Phi) is 3.62. The molecule has 5 heteroatoms. The Morgan fingerprint density at radius 1 is 0.697 bits per heavy atom. The van der Waals surface area contributed by atoms with Crippen LogP contribution in [0.1, 0.15) is 17.3 Å². The summed E-state index contributed by atoms with van der Waals surface area (Å²) >= 11 is 0. The van der Waals surface area contributed by atoms with E-state index in [1.54, 1.807) is 4.57 Å². The van der Waals surface area contributed by atoms with Gasteiger partial charge in [0.05, 0.1) is 45.0 Å². The largest absolute Gasteiger partial charge is 0.338 e. The minimum atomic E-state index is -0.0304. The number of imidazole rings is 1. The van der Waals surface area contributed by atoms with Gasteiger partial charge in [-0.3, -0.25) is 9.36 Å². The molecule has 0 bridgehead atoms. The highest BCUT2D eigenvalue weighted by molar-refractivity contribution is 6.17. The molecule has 0 N–H and O–H groups in total. The van der Waals surface area contributed by atoms with Gasteiger partial charge in [0.15, 0.2) is 0 Å². The standard InChI is InChI=1S/C28H20N4O/c1-2-30-21-13-5-7-15-23(21)31(24-16-8-6-14-22(24)30)25-17-9-10-18-26(25)28(33)32-20-12-4-3-11-19(20)29-27(18)32/h3-17H,2H2,1H3. The number of benzene rings is 4. The van der Waals surface area contributed by atoms with Crippen molar-refractivity contribution >= 4 is 45.4 Å². The molecule has 0 spiro atoms. The number of anilines is 5. The molecule has 158 valence electrons. The minimum absolute atomic E-state index is 0.0304. The highest BCUT2D eigenvalue weighted by Crippen LogP contribution is 2.53. The third kappa shape index (κ3) is 2.31. The Labute approximate surface area is 191 Å². The maximum absolute atomic E-state index is 13.9. The number of hydrogen-bond acceptors (Lipinski definition) is 4. The van der Waals surface area contributed by atoms with Crippen LogP contribution in [0, 0.1) is 0 Å². The van der Waals surface area contributed by atoms with Gasteiger partial charge in [-0.2, -0.15) is 0 Å². The van der Waals surface area contributed by atoms with E-state index < -0.39 is 0 Å². The van der Waals surface area contributed by atoms with Crippen molar-refractivity contribution in [3.05, 3.63) is 96.6 Å². The molecule has 5 aromatic rings. The highest BCUT2D eigenvalue weighted by atomic mass is 16.2. The lowest BCUT2D eigenvalue weighted by molar-refractivity contribution is 0.0974. The molecule has 0 radical (unpaired) electrons. The Morgan fingerprint density at radius 3 is 2.00 bits per heavy atom. The Balaban J connectivity index is 1.51. The molecule has 0 saturated carbocycles. The van der Waals surface area contributed by atoms with Crippen molar-refractivity contribution in [3.8, 4) is 11.4 Å². The number of rotatable bonds is 2. The van der Waals surface area contributed by atoms with Crippen molar-refractivity contribution in [3.63, 3.8) is 0 Å². The van der Waals surface area contributed by atoms with Gasteiger partial charge in [0.25, 0.3) is 5.91 Å². The predicted octanol–water partition coefficient (Wildman–Crippen LogP) is 6.65. The summed E-state index contributed by atoms with van der Waals surface area (Å²) in [5.41, 5.74) is 8.52. The van der Waals surface area contributed by atoms with Crippen LogP contribution in [0.5, 0.6) is 0 Å². The number of para-hydroxylation sites is 6. The molecular weight excluding hydrogens is 408 g/mol. The van der Waals surface area contributed by atoms with Crippen LogP contribution in [-0.4, -0.2) is 22.0 Å². The first-order valence-corrected chi connectivity index (χ1v) is 11.2. The number of nitrogens with zero attached hydrogens (tertiary/aromatic N) is 4. The molecule has 0 unspecified atom stereocenters. The number of hydrogen-bond donors (Lipinski definition) is 0. The lowest BCUT2D eigenvalue weighted by Gasteiger charge is -2.40. The Morgan fingerprint density at radius 2 is 1.30 bits per heavy atom. The highest BCUT2D eigenvalue weighted by Gasteiger charge is 2.36. The SMILES string of the molecule is CCN1c2ccccc2N(c2cccc3c2C(=O)n2c-3nc3ccccc32)c2ccccc21. The van der Waals surface area contributed by atoms with E-state index in [4.69, 9.17) is 4.98 Å². The maximum Gasteiger partial charge on any atom is 0.267 e. The first-order chi connectivity index (χ1) is 16.3. The molecule has 0 aliphatic carbocycles. The van der Waals surface area contributed by atoms with E-state index in [2.05, 4.69) is 65.3 Å². The van der Waals surface area contributed by atoms with Crippen LogP contribution in [0.2, 0.25) is 0 Å². The van der Waals surface area contributed by atoms with Gasteiger partial charge in [0, 0.05) is 12.1 Å². The normalized spacial score (nSPS) is 13.7. The summed E-state index contributed by atoms with van der Waals surface area (Å²) in [4.78, 5) is 23.2. The third-order valence-corrected chi connectivity index (χ3v) is 6.65. The molecule has 4 aromatic carbocycles. The van der Waals surface area contributed by atoms with Gasteiger partial charge in [-0.05, 0) is 49.4 Å². The van der Waals surface area contributed by atoms with Gasteiger partial charge < -0.3 is 9.80 Å². The van der Waals surface area contributed by atoms with E-state index in [9.17, 15) is 4.79 Å². The topological polar surface area (TPSA) is 41.4 Å². The minimum Gasteiger partial charge on any atom is -0.338 e. The molecule has 2 aliphatic rings. The molecule has 1 aromatic heterocycles. The van der Waals surface area contributed by atoms with Gasteiger partial charge >= 0.3 is 0 Å². The van der Waals surface area contributed by atoms with E-state index >= 15 is 0 Å². The van der Waals surface area contributed by atoms with Crippen molar-refractivity contribution in [2.75, 3.05) is 16.3 Å². The van der Waals surface area contributed by atoms with Crippen LogP contribution in [0.15, 0.2) is 91.0 Å². The summed E-state index contributed by atoms with van der Waals surface area (Å²) in [5, 5.41) is 0. The van der Waals surface area contributed by atoms with Crippen LogP contribution >= 0.6 is 0 Å². The number of carbonyl (C=O) groups is 1. The number of fused-ring (bicyclic) bond motifs is 7. The van der Waals surface area contributed by atoms with Crippen LogP contribution in [-0.2, 0) is 0 Å². The van der Waals surface area contributed by atoms with E-state index in [1.165, 1.54) is 0 Å². The summed E-state index contributed by atoms with van der Waals surface area (Å²) in [5.74, 6) is 0.684. The lowest BCUT2D eigenvalue weighted by Crippen LogP contribution is -2.27. The third-order valence-electron chi connectivity index (χ3n) is 6.65. The second kappa shape index (κ2) is 6.56. The van der Waals surface area contributed by atoms with Gasteiger partial charge in [-0.15, -0.1) is 0 Å². The summed E-state index contributed by atoms with van der Waals surface area (Å²) in [7, 11) is 0. The van der Waals surface area contributed by atoms with E-state index in [0.717, 1.165) is 51.6 Å². The summed E-state index contributed by atoms with van der Waals surface area (Å²) in [6.45, 7) is 3.02. The average molecular weight is 428 g/mol. The van der Waals surface area contributed by atoms with Crippen molar-refractivity contribution in [2.45, 2.75) is 6.92 Å². The number of carbonyl (C=O) groups excluding carboxylic acids is 1. The lowest BCUT2D eigenvalue weighted by atomic mass is 10.0. The fraction of sp³-hybridized carbons (Fsp3) is 0.0714. The van der Waals surface area contributed by atoms with Gasteiger partial charge in [0.1, 0.15) is 5.82 Å². The first-order valence-electron chi connectivity index (χ1n) is 11.2. The van der Waals surface area contributed by atoms with Gasteiger partial charge in [-0.1, -0.05) is 48.5 Å². The Bertz CT molecular complexity index is 1550. The van der Waals surface area contributed by atoms with Crippen LogP contribution < -0.4 is 9.80 Å². The average Bonchev–Trinajstić information content (AvgIpc) is 3.38. The predicted molar refractivity (Wildman–Crippen MR) is 132 cm³/mol. The van der Waals surface area contributed by atoms with Crippen LogP contribution in [0.3, 0.4) is 0 Å². The molecule has 0 amide bonds.